The van der Waals surface area contributed by atoms with Gasteiger partial charge in [0.1, 0.15) is 0 Å². The summed E-state index contributed by atoms with van der Waals surface area (Å²) in [5.74, 6) is 5.65. The standard InChI is InChI=1S/C12H23NOS2/c1-12(2,14)10-3-4-13(7-10)11-8-15-5-6-16-9-11/h10-11,14H,3-9H2,1-2H3/t10-/m0/s1. The van der Waals surface area contributed by atoms with E-state index in [-0.39, 0.29) is 0 Å². The predicted octanol–water partition coefficient (Wildman–Crippen LogP) is 1.93. The van der Waals surface area contributed by atoms with Gasteiger partial charge in [-0.1, -0.05) is 0 Å². The highest BCUT2D eigenvalue weighted by Crippen LogP contribution is 2.30. The Bertz CT molecular complexity index is 222. The van der Waals surface area contributed by atoms with E-state index in [1.807, 2.05) is 13.8 Å². The van der Waals surface area contributed by atoms with E-state index >= 15 is 0 Å². The van der Waals surface area contributed by atoms with E-state index in [2.05, 4.69) is 28.4 Å². The third-order valence-electron chi connectivity index (χ3n) is 3.73. The molecule has 2 fully saturated rings. The summed E-state index contributed by atoms with van der Waals surface area (Å²) in [5, 5.41) is 10.1. The topological polar surface area (TPSA) is 23.5 Å². The van der Waals surface area contributed by atoms with Crippen LogP contribution >= 0.6 is 23.5 Å². The lowest BCUT2D eigenvalue weighted by atomic mass is 9.90. The molecule has 2 aliphatic heterocycles. The van der Waals surface area contributed by atoms with Crippen LogP contribution in [0.3, 0.4) is 0 Å². The van der Waals surface area contributed by atoms with Crippen molar-refractivity contribution >= 4 is 23.5 Å². The maximum absolute atomic E-state index is 10.1. The zero-order valence-electron chi connectivity index (χ0n) is 10.3. The number of hydrogen-bond acceptors (Lipinski definition) is 4. The fraction of sp³-hybridized carbons (Fsp3) is 1.00. The van der Waals surface area contributed by atoms with Crippen LogP contribution in [-0.4, -0.2) is 57.8 Å². The molecule has 2 nitrogen and oxygen atoms in total. The Kier molecular flexibility index (Phi) is 4.50. The highest BCUT2D eigenvalue weighted by atomic mass is 32.2. The number of aliphatic hydroxyl groups is 1. The molecule has 16 heavy (non-hydrogen) atoms. The first-order valence-electron chi connectivity index (χ1n) is 6.19. The average Bonchev–Trinajstić information content (AvgIpc) is 2.55. The molecule has 0 aromatic carbocycles. The van der Waals surface area contributed by atoms with Gasteiger partial charge in [0.05, 0.1) is 5.60 Å². The zero-order valence-corrected chi connectivity index (χ0v) is 11.9. The van der Waals surface area contributed by atoms with Gasteiger partial charge in [0, 0.05) is 41.5 Å². The van der Waals surface area contributed by atoms with Gasteiger partial charge in [0.25, 0.3) is 0 Å². The van der Waals surface area contributed by atoms with Gasteiger partial charge in [-0.3, -0.25) is 4.90 Å². The van der Waals surface area contributed by atoms with Crippen molar-refractivity contribution in [1.82, 2.24) is 4.90 Å². The number of likely N-dealkylation sites (tertiary alicyclic amines) is 1. The van der Waals surface area contributed by atoms with Crippen LogP contribution in [0, 0.1) is 5.92 Å². The Morgan fingerprint density at radius 1 is 1.19 bits per heavy atom. The van der Waals surface area contributed by atoms with Crippen LogP contribution in [0.4, 0.5) is 0 Å². The summed E-state index contributed by atoms with van der Waals surface area (Å²) < 4.78 is 0. The maximum atomic E-state index is 10.1. The molecule has 94 valence electrons. The zero-order chi connectivity index (χ0) is 11.6. The number of hydrogen-bond donors (Lipinski definition) is 1. The minimum absolute atomic E-state index is 0.464. The molecule has 0 aromatic heterocycles. The Hall–Kier alpha value is 0.620. The Morgan fingerprint density at radius 3 is 2.31 bits per heavy atom. The third kappa shape index (κ3) is 3.31. The molecule has 1 atom stereocenters. The summed E-state index contributed by atoms with van der Waals surface area (Å²) in [5.41, 5.74) is -0.500. The third-order valence-corrected chi connectivity index (χ3v) is 6.21. The summed E-state index contributed by atoms with van der Waals surface area (Å²) in [6.45, 7) is 6.19. The van der Waals surface area contributed by atoms with Gasteiger partial charge in [0.2, 0.25) is 0 Å². The SMILES string of the molecule is CC(C)(O)[C@H]1CCN(C2CSCCSC2)C1. The fourth-order valence-corrected chi connectivity index (χ4v) is 5.14. The monoisotopic (exact) mass is 261 g/mol. The van der Waals surface area contributed by atoms with Gasteiger partial charge >= 0.3 is 0 Å². The summed E-state index contributed by atoms with van der Waals surface area (Å²) in [6, 6.07) is 0.741. The Morgan fingerprint density at radius 2 is 1.81 bits per heavy atom. The molecule has 2 saturated heterocycles. The van der Waals surface area contributed by atoms with Crippen LogP contribution < -0.4 is 0 Å². The Balaban J connectivity index is 1.87. The summed E-state index contributed by atoms with van der Waals surface area (Å²) in [6.07, 6.45) is 1.16. The molecule has 2 rings (SSSR count). The first-order valence-corrected chi connectivity index (χ1v) is 8.50. The summed E-state index contributed by atoms with van der Waals surface area (Å²) >= 11 is 4.19. The van der Waals surface area contributed by atoms with Crippen LogP contribution in [0.2, 0.25) is 0 Å². The van der Waals surface area contributed by atoms with E-state index in [0.717, 1.165) is 19.0 Å². The lowest BCUT2D eigenvalue weighted by Gasteiger charge is -2.29. The minimum atomic E-state index is -0.500. The largest absolute Gasteiger partial charge is 0.390 e. The molecule has 2 heterocycles. The van der Waals surface area contributed by atoms with Gasteiger partial charge in [0.15, 0.2) is 0 Å². The number of thioether (sulfide) groups is 2. The van der Waals surface area contributed by atoms with Crippen molar-refractivity contribution in [1.29, 1.82) is 0 Å². The van der Waals surface area contributed by atoms with Crippen molar-refractivity contribution in [3.8, 4) is 0 Å². The van der Waals surface area contributed by atoms with E-state index in [1.165, 1.54) is 29.6 Å². The lowest BCUT2D eigenvalue weighted by Crippen LogP contribution is -2.39. The molecule has 4 heteroatoms. The van der Waals surface area contributed by atoms with Crippen molar-refractivity contribution in [3.05, 3.63) is 0 Å². The number of rotatable bonds is 2. The van der Waals surface area contributed by atoms with Crippen LogP contribution in [-0.2, 0) is 0 Å². The first kappa shape index (κ1) is 13.1. The van der Waals surface area contributed by atoms with Crippen molar-refractivity contribution in [2.75, 3.05) is 36.1 Å². The molecular formula is C12H23NOS2. The van der Waals surface area contributed by atoms with Gasteiger partial charge in [-0.15, -0.1) is 0 Å². The second kappa shape index (κ2) is 5.51. The maximum Gasteiger partial charge on any atom is 0.0632 e. The molecule has 1 N–H and O–H groups in total. The molecule has 0 spiro atoms. The fourth-order valence-electron chi connectivity index (χ4n) is 2.51. The smallest absolute Gasteiger partial charge is 0.0632 e. The molecule has 0 bridgehead atoms. The van der Waals surface area contributed by atoms with Gasteiger partial charge in [-0.05, 0) is 26.8 Å². The van der Waals surface area contributed by atoms with Crippen LogP contribution in [0.25, 0.3) is 0 Å². The molecule has 2 aliphatic rings. The van der Waals surface area contributed by atoms with E-state index in [1.54, 1.807) is 0 Å². The Labute approximate surface area is 108 Å². The normalized spacial score (nSPS) is 30.6. The second-order valence-electron chi connectivity index (χ2n) is 5.44. The van der Waals surface area contributed by atoms with Gasteiger partial charge < -0.3 is 5.11 Å². The van der Waals surface area contributed by atoms with E-state index in [9.17, 15) is 5.11 Å². The van der Waals surface area contributed by atoms with E-state index in [4.69, 9.17) is 0 Å². The van der Waals surface area contributed by atoms with Crippen molar-refractivity contribution in [2.24, 2.45) is 5.92 Å². The quantitative estimate of drug-likeness (QED) is 0.820. The molecule has 0 radical (unpaired) electrons. The highest BCUT2D eigenvalue weighted by molar-refractivity contribution is 8.03. The molecule has 0 amide bonds. The van der Waals surface area contributed by atoms with Crippen molar-refractivity contribution in [2.45, 2.75) is 31.9 Å². The highest BCUT2D eigenvalue weighted by Gasteiger charge is 2.36. The summed E-state index contributed by atoms with van der Waals surface area (Å²) in [7, 11) is 0. The lowest BCUT2D eigenvalue weighted by molar-refractivity contribution is 0.0200. The minimum Gasteiger partial charge on any atom is -0.390 e. The van der Waals surface area contributed by atoms with Gasteiger partial charge in [-0.2, -0.15) is 23.5 Å². The van der Waals surface area contributed by atoms with Crippen molar-refractivity contribution < 1.29 is 5.11 Å². The predicted molar refractivity (Wildman–Crippen MR) is 74.4 cm³/mol. The van der Waals surface area contributed by atoms with Gasteiger partial charge in [-0.25, -0.2) is 0 Å². The van der Waals surface area contributed by atoms with Crippen LogP contribution in [0.5, 0.6) is 0 Å². The molecule has 0 saturated carbocycles. The molecular weight excluding hydrogens is 238 g/mol. The van der Waals surface area contributed by atoms with Crippen LogP contribution in [0.15, 0.2) is 0 Å². The molecule has 0 aromatic rings. The second-order valence-corrected chi connectivity index (χ2v) is 7.74. The van der Waals surface area contributed by atoms with E-state index in [0.29, 0.717) is 5.92 Å². The average molecular weight is 261 g/mol. The van der Waals surface area contributed by atoms with Crippen molar-refractivity contribution in [3.63, 3.8) is 0 Å². The summed E-state index contributed by atoms with van der Waals surface area (Å²) in [4.78, 5) is 2.61. The molecule has 0 unspecified atom stereocenters. The van der Waals surface area contributed by atoms with Crippen LogP contribution in [0.1, 0.15) is 20.3 Å². The number of nitrogens with zero attached hydrogens (tertiary/aromatic N) is 1. The first-order chi connectivity index (χ1) is 7.57. The molecule has 0 aliphatic carbocycles. The van der Waals surface area contributed by atoms with E-state index < -0.39 is 5.60 Å².